The molecule has 0 unspecified atom stereocenters. The first-order chi connectivity index (χ1) is 18.5. The van der Waals surface area contributed by atoms with E-state index in [1.54, 1.807) is 62.6 Å². The van der Waals surface area contributed by atoms with E-state index in [0.29, 0.717) is 38.9 Å². The summed E-state index contributed by atoms with van der Waals surface area (Å²) in [4.78, 5) is 46.3. The molecular weight excluding hydrogens is 504 g/mol. The lowest BCUT2D eigenvalue weighted by Gasteiger charge is -2.13. The van der Waals surface area contributed by atoms with E-state index in [4.69, 9.17) is 14.5 Å². The summed E-state index contributed by atoms with van der Waals surface area (Å²) in [6.45, 7) is 2.02. The zero-order valence-electron chi connectivity index (χ0n) is 20.7. The van der Waals surface area contributed by atoms with E-state index >= 15 is 0 Å². The number of esters is 1. The molecule has 0 aliphatic rings. The molecule has 38 heavy (non-hydrogen) atoms. The fourth-order valence-corrected chi connectivity index (χ4v) is 4.85. The van der Waals surface area contributed by atoms with Gasteiger partial charge in [0.25, 0.3) is 5.56 Å². The lowest BCUT2D eigenvalue weighted by Crippen LogP contribution is -2.23. The molecule has 0 aliphatic carbocycles. The number of benzene rings is 3. The number of nitrogens with one attached hydrogen (secondary N) is 2. The second-order valence-corrected chi connectivity index (χ2v) is 9.21. The molecule has 5 aromatic rings. The van der Waals surface area contributed by atoms with E-state index in [-0.39, 0.29) is 23.8 Å². The van der Waals surface area contributed by atoms with Crippen molar-refractivity contribution in [2.75, 3.05) is 24.8 Å². The Hall–Kier alpha value is -4.57. The maximum Gasteiger partial charge on any atom is 0.338 e. The number of carbonyl (C=O) groups excluding carboxylic acids is 2. The fraction of sp³-hybridized carbons (Fsp3) is 0.143. The van der Waals surface area contributed by atoms with Crippen LogP contribution in [-0.4, -0.2) is 45.9 Å². The number of aromatic nitrogens is 3. The van der Waals surface area contributed by atoms with Crippen molar-refractivity contribution in [1.82, 2.24) is 14.5 Å². The highest BCUT2D eigenvalue weighted by atomic mass is 32.2. The number of carbonyl (C=O) groups is 2. The highest BCUT2D eigenvalue weighted by molar-refractivity contribution is 7.99. The van der Waals surface area contributed by atoms with Crippen molar-refractivity contribution < 1.29 is 19.1 Å². The number of thioether (sulfide) groups is 1. The van der Waals surface area contributed by atoms with Crippen LogP contribution >= 0.6 is 11.8 Å². The molecule has 2 N–H and O–H groups in total. The van der Waals surface area contributed by atoms with Crippen LogP contribution in [-0.2, 0) is 9.53 Å². The first kappa shape index (κ1) is 25.1. The zero-order chi connectivity index (χ0) is 26.6. The molecular formula is C28H24N4O5S. The SMILES string of the molecule is CCOC(=O)c1ccc(NC(=O)CSc2nc3c([nH]c4ccccc43)c(=O)n2-c2cccc(OC)c2)cc1. The number of aromatic amines is 1. The third-order valence-electron chi connectivity index (χ3n) is 5.82. The Labute approximate surface area is 221 Å². The van der Waals surface area contributed by atoms with Gasteiger partial charge in [0.1, 0.15) is 16.8 Å². The van der Waals surface area contributed by atoms with Crippen LogP contribution in [0.15, 0.2) is 82.7 Å². The Morgan fingerprint density at radius 1 is 1.05 bits per heavy atom. The number of H-pyrrole nitrogens is 1. The van der Waals surface area contributed by atoms with Crippen LogP contribution in [0.4, 0.5) is 5.69 Å². The molecule has 0 atom stereocenters. The molecule has 1 amide bonds. The third-order valence-corrected chi connectivity index (χ3v) is 6.76. The summed E-state index contributed by atoms with van der Waals surface area (Å²) in [7, 11) is 1.56. The Kier molecular flexibility index (Phi) is 7.14. The summed E-state index contributed by atoms with van der Waals surface area (Å²) in [6, 6.07) is 21.1. The molecule has 2 heterocycles. The monoisotopic (exact) mass is 528 g/mol. The van der Waals surface area contributed by atoms with E-state index in [1.165, 1.54) is 4.57 Å². The van der Waals surface area contributed by atoms with E-state index in [1.807, 2.05) is 24.3 Å². The molecule has 0 fully saturated rings. The third kappa shape index (κ3) is 4.98. The van der Waals surface area contributed by atoms with Crippen LogP contribution in [0.5, 0.6) is 5.75 Å². The van der Waals surface area contributed by atoms with Gasteiger partial charge in [0, 0.05) is 22.7 Å². The van der Waals surface area contributed by atoms with Gasteiger partial charge in [-0.2, -0.15) is 0 Å². The van der Waals surface area contributed by atoms with Gasteiger partial charge < -0.3 is 19.8 Å². The number of nitrogens with zero attached hydrogens (tertiary/aromatic N) is 2. The number of ether oxygens (including phenoxy) is 2. The normalized spacial score (nSPS) is 11.0. The van der Waals surface area contributed by atoms with E-state index in [0.717, 1.165) is 22.7 Å². The summed E-state index contributed by atoms with van der Waals surface area (Å²) in [5.41, 5.74) is 2.95. The Morgan fingerprint density at radius 3 is 2.61 bits per heavy atom. The van der Waals surface area contributed by atoms with Gasteiger partial charge in [-0.15, -0.1) is 0 Å². The van der Waals surface area contributed by atoms with Gasteiger partial charge in [0.15, 0.2) is 5.16 Å². The smallest absolute Gasteiger partial charge is 0.338 e. The average molecular weight is 529 g/mol. The van der Waals surface area contributed by atoms with Gasteiger partial charge in [0.2, 0.25) is 5.91 Å². The van der Waals surface area contributed by atoms with Gasteiger partial charge in [-0.25, -0.2) is 9.78 Å². The van der Waals surface area contributed by atoms with E-state index < -0.39 is 5.97 Å². The van der Waals surface area contributed by atoms with E-state index in [2.05, 4.69) is 10.3 Å². The van der Waals surface area contributed by atoms with Crippen molar-refractivity contribution in [2.24, 2.45) is 0 Å². The topological polar surface area (TPSA) is 115 Å². The summed E-state index contributed by atoms with van der Waals surface area (Å²) in [5.74, 6) is -0.116. The average Bonchev–Trinajstić information content (AvgIpc) is 3.31. The zero-order valence-corrected chi connectivity index (χ0v) is 21.5. The summed E-state index contributed by atoms with van der Waals surface area (Å²) in [6.07, 6.45) is 0. The molecule has 0 spiro atoms. The number of amides is 1. The predicted molar refractivity (Wildman–Crippen MR) is 148 cm³/mol. The van der Waals surface area contributed by atoms with Crippen molar-refractivity contribution in [2.45, 2.75) is 12.1 Å². The molecule has 9 nitrogen and oxygen atoms in total. The van der Waals surface area contributed by atoms with Crippen molar-refractivity contribution >= 4 is 51.3 Å². The van der Waals surface area contributed by atoms with Gasteiger partial charge in [-0.1, -0.05) is 36.0 Å². The largest absolute Gasteiger partial charge is 0.497 e. The summed E-state index contributed by atoms with van der Waals surface area (Å²) in [5, 5.41) is 4.00. The number of hydrogen-bond donors (Lipinski definition) is 2. The quantitative estimate of drug-likeness (QED) is 0.169. The molecule has 5 rings (SSSR count). The minimum Gasteiger partial charge on any atom is -0.497 e. The second-order valence-electron chi connectivity index (χ2n) is 8.27. The minimum atomic E-state index is -0.421. The highest BCUT2D eigenvalue weighted by Gasteiger charge is 2.18. The van der Waals surface area contributed by atoms with Crippen LogP contribution < -0.4 is 15.6 Å². The number of para-hydroxylation sites is 1. The molecule has 2 aromatic heterocycles. The molecule has 0 radical (unpaired) electrons. The number of methoxy groups -OCH3 is 1. The Morgan fingerprint density at radius 2 is 1.84 bits per heavy atom. The fourth-order valence-electron chi connectivity index (χ4n) is 4.05. The lowest BCUT2D eigenvalue weighted by atomic mass is 10.2. The molecule has 192 valence electrons. The number of fused-ring (bicyclic) bond motifs is 3. The van der Waals surface area contributed by atoms with E-state index in [9.17, 15) is 14.4 Å². The van der Waals surface area contributed by atoms with Crippen molar-refractivity contribution in [3.63, 3.8) is 0 Å². The molecule has 10 heteroatoms. The predicted octanol–water partition coefficient (Wildman–Crippen LogP) is 4.78. The van der Waals surface area contributed by atoms with Crippen LogP contribution in [0, 0.1) is 0 Å². The van der Waals surface area contributed by atoms with Crippen LogP contribution in [0.3, 0.4) is 0 Å². The van der Waals surface area contributed by atoms with Crippen molar-refractivity contribution in [1.29, 1.82) is 0 Å². The minimum absolute atomic E-state index is 0.00387. The molecule has 0 saturated heterocycles. The maximum absolute atomic E-state index is 13.7. The number of hydrogen-bond acceptors (Lipinski definition) is 7. The molecule has 0 aliphatic heterocycles. The number of rotatable bonds is 8. The molecule has 3 aromatic carbocycles. The van der Waals surface area contributed by atoms with Gasteiger partial charge in [-0.3, -0.25) is 14.2 Å². The van der Waals surface area contributed by atoms with Crippen molar-refractivity contribution in [3.05, 3.63) is 88.7 Å². The summed E-state index contributed by atoms with van der Waals surface area (Å²) < 4.78 is 11.8. The Balaban J connectivity index is 1.46. The summed E-state index contributed by atoms with van der Waals surface area (Å²) >= 11 is 1.15. The molecule has 0 bridgehead atoms. The lowest BCUT2D eigenvalue weighted by molar-refractivity contribution is -0.113. The van der Waals surface area contributed by atoms with Crippen LogP contribution in [0.1, 0.15) is 17.3 Å². The standard InChI is InChI=1S/C28H24N4O5S/c1-3-37-27(35)17-11-13-18(14-12-17)29-23(33)16-38-28-31-24-21-9-4-5-10-22(21)30-25(24)26(34)32(28)19-7-6-8-20(15-19)36-2/h4-15,30H,3,16H2,1-2H3,(H,29,33). The van der Waals surface area contributed by atoms with Crippen LogP contribution in [0.2, 0.25) is 0 Å². The van der Waals surface area contributed by atoms with Crippen molar-refractivity contribution in [3.8, 4) is 11.4 Å². The number of anilines is 1. The second kappa shape index (κ2) is 10.8. The molecule has 0 saturated carbocycles. The van der Waals surface area contributed by atoms with Gasteiger partial charge in [0.05, 0.1) is 30.7 Å². The van der Waals surface area contributed by atoms with Gasteiger partial charge in [-0.05, 0) is 49.4 Å². The first-order valence-electron chi connectivity index (χ1n) is 11.9. The Bertz CT molecular complexity index is 1710. The van der Waals surface area contributed by atoms with Crippen LogP contribution in [0.25, 0.3) is 27.6 Å². The maximum atomic E-state index is 13.7. The van der Waals surface area contributed by atoms with Gasteiger partial charge >= 0.3 is 5.97 Å². The first-order valence-corrected chi connectivity index (χ1v) is 12.8. The highest BCUT2D eigenvalue weighted by Crippen LogP contribution is 2.27.